The monoisotopic (exact) mass is 249 g/mol. The van der Waals surface area contributed by atoms with Gasteiger partial charge >= 0.3 is 0 Å². The molecule has 0 radical (unpaired) electrons. The summed E-state index contributed by atoms with van der Waals surface area (Å²) in [6.45, 7) is 5.27. The molecule has 18 heavy (non-hydrogen) atoms. The Morgan fingerprint density at radius 1 is 1.17 bits per heavy atom. The van der Waals surface area contributed by atoms with Gasteiger partial charge in [-0.3, -0.25) is 0 Å². The summed E-state index contributed by atoms with van der Waals surface area (Å²) in [6, 6.07) is 9.18. The van der Waals surface area contributed by atoms with Gasteiger partial charge in [0.15, 0.2) is 0 Å². The van der Waals surface area contributed by atoms with E-state index in [1.54, 1.807) is 0 Å². The first-order valence-electron chi connectivity index (χ1n) is 7.01. The van der Waals surface area contributed by atoms with Crippen LogP contribution in [0.15, 0.2) is 24.3 Å². The van der Waals surface area contributed by atoms with Crippen LogP contribution in [0.3, 0.4) is 0 Å². The van der Waals surface area contributed by atoms with Crippen LogP contribution in [0.25, 0.3) is 0 Å². The summed E-state index contributed by atoms with van der Waals surface area (Å²) in [4.78, 5) is 2.27. The van der Waals surface area contributed by atoms with Gasteiger partial charge in [-0.15, -0.1) is 0 Å². The van der Waals surface area contributed by atoms with Gasteiger partial charge in [-0.2, -0.15) is 0 Å². The zero-order chi connectivity index (χ0) is 13.4. The molecule has 0 aliphatic carbocycles. The van der Waals surface area contributed by atoms with Crippen LogP contribution in [-0.2, 0) is 6.42 Å². The zero-order valence-corrected chi connectivity index (χ0v) is 12.3. The fourth-order valence-corrected chi connectivity index (χ4v) is 1.72. The summed E-state index contributed by atoms with van der Waals surface area (Å²) in [7, 11) is 4.27. The van der Waals surface area contributed by atoms with Crippen molar-refractivity contribution in [2.45, 2.75) is 45.6 Å². The summed E-state index contributed by atoms with van der Waals surface area (Å²) < 4.78 is 5.66. The lowest BCUT2D eigenvalue weighted by atomic mass is 10.1. The van der Waals surface area contributed by atoms with Gasteiger partial charge in [-0.25, -0.2) is 0 Å². The van der Waals surface area contributed by atoms with Crippen LogP contribution in [-0.4, -0.2) is 31.6 Å². The number of nitrogens with zero attached hydrogens (tertiary/aromatic N) is 1. The number of benzene rings is 1. The summed E-state index contributed by atoms with van der Waals surface area (Å²) in [6.07, 6.45) is 4.64. The van der Waals surface area contributed by atoms with Crippen molar-refractivity contribution in [2.24, 2.45) is 0 Å². The van der Waals surface area contributed by atoms with E-state index in [9.17, 15) is 0 Å². The zero-order valence-electron chi connectivity index (χ0n) is 12.3. The molecule has 1 aromatic rings. The summed E-state index contributed by atoms with van der Waals surface area (Å²) >= 11 is 0. The largest absolute Gasteiger partial charge is 0.494 e. The summed E-state index contributed by atoms with van der Waals surface area (Å²) in [5.74, 6) is 0.993. The maximum atomic E-state index is 5.66. The Bertz CT molecular complexity index is 318. The minimum Gasteiger partial charge on any atom is -0.494 e. The van der Waals surface area contributed by atoms with Crippen LogP contribution < -0.4 is 4.74 Å². The lowest BCUT2D eigenvalue weighted by Gasteiger charge is -2.19. The minimum absolute atomic E-state index is 0.630. The average molecular weight is 249 g/mol. The Balaban J connectivity index is 2.35. The molecule has 0 N–H and O–H groups in total. The number of hydrogen-bond acceptors (Lipinski definition) is 2. The van der Waals surface area contributed by atoms with Gasteiger partial charge in [0.05, 0.1) is 6.61 Å². The Hall–Kier alpha value is -1.02. The SMILES string of the molecule is CCCCOc1ccc(CCC(C)N(C)C)cc1. The second-order valence-corrected chi connectivity index (χ2v) is 5.20. The number of unbranched alkanes of at least 4 members (excludes halogenated alkanes) is 1. The summed E-state index contributed by atoms with van der Waals surface area (Å²) in [5.41, 5.74) is 1.39. The van der Waals surface area contributed by atoms with E-state index in [0.29, 0.717) is 6.04 Å². The lowest BCUT2D eigenvalue weighted by molar-refractivity contribution is 0.298. The highest BCUT2D eigenvalue weighted by atomic mass is 16.5. The van der Waals surface area contributed by atoms with Gasteiger partial charge in [-0.1, -0.05) is 25.5 Å². The van der Waals surface area contributed by atoms with E-state index in [0.717, 1.165) is 25.2 Å². The molecule has 1 atom stereocenters. The first-order chi connectivity index (χ1) is 8.63. The van der Waals surface area contributed by atoms with E-state index in [1.165, 1.54) is 18.4 Å². The molecule has 1 rings (SSSR count). The predicted molar refractivity (Wildman–Crippen MR) is 78.3 cm³/mol. The number of hydrogen-bond donors (Lipinski definition) is 0. The molecule has 0 aromatic heterocycles. The van der Waals surface area contributed by atoms with Gasteiger partial charge in [0.25, 0.3) is 0 Å². The lowest BCUT2D eigenvalue weighted by Crippen LogP contribution is -2.24. The third kappa shape index (κ3) is 5.54. The highest BCUT2D eigenvalue weighted by Gasteiger charge is 2.04. The Kier molecular flexibility index (Phi) is 6.81. The number of ether oxygens (including phenoxy) is 1. The molecule has 0 amide bonds. The van der Waals surface area contributed by atoms with Gasteiger partial charge in [0.2, 0.25) is 0 Å². The van der Waals surface area contributed by atoms with Crippen LogP contribution in [0, 0.1) is 0 Å². The Morgan fingerprint density at radius 3 is 2.39 bits per heavy atom. The molecule has 1 unspecified atom stereocenters. The highest BCUT2D eigenvalue weighted by molar-refractivity contribution is 5.27. The summed E-state index contributed by atoms with van der Waals surface area (Å²) in [5, 5.41) is 0. The quantitative estimate of drug-likeness (QED) is 0.651. The predicted octanol–water partition coefficient (Wildman–Crippen LogP) is 3.75. The molecule has 0 aliphatic rings. The second-order valence-electron chi connectivity index (χ2n) is 5.20. The van der Waals surface area contributed by atoms with E-state index >= 15 is 0 Å². The number of rotatable bonds is 8. The molecule has 1 aromatic carbocycles. The molecule has 0 saturated carbocycles. The molecule has 0 aliphatic heterocycles. The topological polar surface area (TPSA) is 12.5 Å². The maximum Gasteiger partial charge on any atom is 0.119 e. The van der Waals surface area contributed by atoms with E-state index in [-0.39, 0.29) is 0 Å². The molecule has 2 nitrogen and oxygen atoms in total. The molecule has 0 saturated heterocycles. The van der Waals surface area contributed by atoms with Gasteiger partial charge < -0.3 is 9.64 Å². The van der Waals surface area contributed by atoms with Gasteiger partial charge in [-0.05, 0) is 58.0 Å². The van der Waals surface area contributed by atoms with Crippen LogP contribution in [0.2, 0.25) is 0 Å². The highest BCUT2D eigenvalue weighted by Crippen LogP contribution is 2.15. The Labute approximate surface area is 112 Å². The molecule has 0 heterocycles. The second kappa shape index (κ2) is 8.15. The average Bonchev–Trinajstić information content (AvgIpc) is 2.37. The molecule has 102 valence electrons. The van der Waals surface area contributed by atoms with E-state index < -0.39 is 0 Å². The first kappa shape index (κ1) is 15.0. The normalized spacial score (nSPS) is 12.7. The molecular formula is C16H27NO. The minimum atomic E-state index is 0.630. The van der Waals surface area contributed by atoms with Crippen LogP contribution in [0.4, 0.5) is 0 Å². The van der Waals surface area contributed by atoms with Crippen molar-refractivity contribution >= 4 is 0 Å². The molecule has 0 spiro atoms. The Morgan fingerprint density at radius 2 is 1.83 bits per heavy atom. The third-order valence-electron chi connectivity index (χ3n) is 3.42. The maximum absolute atomic E-state index is 5.66. The van der Waals surface area contributed by atoms with Crippen molar-refractivity contribution in [1.82, 2.24) is 4.90 Å². The van der Waals surface area contributed by atoms with Crippen molar-refractivity contribution in [1.29, 1.82) is 0 Å². The van der Waals surface area contributed by atoms with Crippen LogP contribution in [0.5, 0.6) is 5.75 Å². The van der Waals surface area contributed by atoms with Crippen molar-refractivity contribution < 1.29 is 4.74 Å². The van der Waals surface area contributed by atoms with Gasteiger partial charge in [0, 0.05) is 6.04 Å². The van der Waals surface area contributed by atoms with Crippen molar-refractivity contribution in [3.05, 3.63) is 29.8 Å². The van der Waals surface area contributed by atoms with Crippen LogP contribution in [0.1, 0.15) is 38.7 Å². The fraction of sp³-hybridized carbons (Fsp3) is 0.625. The van der Waals surface area contributed by atoms with Crippen molar-refractivity contribution in [3.8, 4) is 5.75 Å². The molecule has 0 bridgehead atoms. The molecule has 2 heteroatoms. The fourth-order valence-electron chi connectivity index (χ4n) is 1.72. The smallest absolute Gasteiger partial charge is 0.119 e. The van der Waals surface area contributed by atoms with Crippen LogP contribution >= 0.6 is 0 Å². The number of aryl methyl sites for hydroxylation is 1. The molecular weight excluding hydrogens is 222 g/mol. The van der Waals surface area contributed by atoms with E-state index in [4.69, 9.17) is 4.74 Å². The standard InChI is InChI=1S/C16H27NO/c1-5-6-13-18-16-11-9-15(10-12-16)8-7-14(2)17(3)4/h9-12,14H,5-8,13H2,1-4H3. The van der Waals surface area contributed by atoms with Gasteiger partial charge in [0.1, 0.15) is 5.75 Å². The van der Waals surface area contributed by atoms with E-state index in [2.05, 4.69) is 57.1 Å². The third-order valence-corrected chi connectivity index (χ3v) is 3.42. The first-order valence-corrected chi connectivity index (χ1v) is 7.01. The van der Waals surface area contributed by atoms with E-state index in [1.807, 2.05) is 0 Å². The van der Waals surface area contributed by atoms with Crippen molar-refractivity contribution in [3.63, 3.8) is 0 Å². The van der Waals surface area contributed by atoms with Crippen molar-refractivity contribution in [2.75, 3.05) is 20.7 Å². The molecule has 0 fully saturated rings.